The number of hydrogen-bond acceptors (Lipinski definition) is 3. The van der Waals surface area contributed by atoms with Gasteiger partial charge < -0.3 is 15.4 Å². The quantitative estimate of drug-likeness (QED) is 0.552. The Balaban J connectivity index is 1.90. The van der Waals surface area contributed by atoms with Crippen LogP contribution in [0.4, 0.5) is 0 Å². The highest BCUT2D eigenvalue weighted by Crippen LogP contribution is 2.32. The predicted octanol–water partition coefficient (Wildman–Crippen LogP) is 1.04. The van der Waals surface area contributed by atoms with Gasteiger partial charge in [0.05, 0.1) is 12.2 Å². The average Bonchev–Trinajstić information content (AvgIpc) is 3.00. The van der Waals surface area contributed by atoms with Crippen molar-refractivity contribution in [3.63, 3.8) is 0 Å². The van der Waals surface area contributed by atoms with Crippen molar-refractivity contribution in [3.8, 4) is 5.88 Å². The van der Waals surface area contributed by atoms with E-state index in [-0.39, 0.29) is 17.5 Å². The molecule has 0 radical (unpaired) electrons. The van der Waals surface area contributed by atoms with E-state index in [1.807, 2.05) is 18.3 Å². The first-order valence-electron chi connectivity index (χ1n) is 9.51. The van der Waals surface area contributed by atoms with Crippen LogP contribution in [0.2, 0.25) is 0 Å². The summed E-state index contributed by atoms with van der Waals surface area (Å²) in [5, 5.41) is 14.0. The van der Waals surface area contributed by atoms with Crippen LogP contribution in [0, 0.1) is 6.92 Å². The maximum atomic E-state index is 12.6. The molecule has 0 fully saturated rings. The third kappa shape index (κ3) is 2.88. The normalized spacial score (nSPS) is 16.6. The summed E-state index contributed by atoms with van der Waals surface area (Å²) in [5.74, 6) is -0.221. The van der Waals surface area contributed by atoms with E-state index in [0.29, 0.717) is 6.54 Å². The van der Waals surface area contributed by atoms with Crippen molar-refractivity contribution in [2.75, 3.05) is 6.54 Å². The van der Waals surface area contributed by atoms with Crippen LogP contribution < -0.4 is 16.6 Å². The first-order valence-corrected chi connectivity index (χ1v) is 9.51. The number of nitrogens with one attached hydrogen (secondary N) is 2. The Morgan fingerprint density at radius 3 is 2.89 bits per heavy atom. The summed E-state index contributed by atoms with van der Waals surface area (Å²) >= 11 is 0. The van der Waals surface area contributed by atoms with Gasteiger partial charge in [0.15, 0.2) is 6.04 Å². The number of H-pyrrole nitrogens is 2. The zero-order valence-electron chi connectivity index (χ0n) is 15.6. The summed E-state index contributed by atoms with van der Waals surface area (Å²) < 4.78 is 1.27. The standard InChI is InChI=1S/C20H24N4O3/c1-3-4-9-24-19(26)15(18(25)23-20(24)27)17-16-12(7-8-21-17)13-10-11(2)5-6-14(13)22-16/h5-6,10,17,21-22,26H,3-4,7-9H2,1-2H3,(H,23,25,27)/p+1/t17-/m0/s1. The summed E-state index contributed by atoms with van der Waals surface area (Å²) in [7, 11) is 0. The Kier molecular flexibility index (Phi) is 4.39. The second-order valence-corrected chi connectivity index (χ2v) is 7.32. The van der Waals surface area contributed by atoms with E-state index in [0.717, 1.165) is 37.0 Å². The Morgan fingerprint density at radius 2 is 2.11 bits per heavy atom. The minimum absolute atomic E-state index is 0.221. The van der Waals surface area contributed by atoms with E-state index in [1.165, 1.54) is 21.1 Å². The summed E-state index contributed by atoms with van der Waals surface area (Å²) in [4.78, 5) is 30.6. The summed E-state index contributed by atoms with van der Waals surface area (Å²) in [6, 6.07) is 5.89. The fourth-order valence-electron chi connectivity index (χ4n) is 4.07. The molecule has 0 saturated carbocycles. The maximum Gasteiger partial charge on any atom is 0.331 e. The van der Waals surface area contributed by atoms with Crippen LogP contribution in [0.3, 0.4) is 0 Å². The Bertz CT molecular complexity index is 1120. The zero-order chi connectivity index (χ0) is 19.1. The van der Waals surface area contributed by atoms with E-state index in [4.69, 9.17) is 0 Å². The maximum absolute atomic E-state index is 12.6. The summed E-state index contributed by atoms with van der Waals surface area (Å²) in [5.41, 5.74) is 3.50. The van der Waals surface area contributed by atoms with Gasteiger partial charge in [-0.05, 0) is 31.0 Å². The molecule has 1 aliphatic rings. The monoisotopic (exact) mass is 369 g/mol. The van der Waals surface area contributed by atoms with Gasteiger partial charge in [0.1, 0.15) is 5.56 Å². The van der Waals surface area contributed by atoms with E-state index in [1.54, 1.807) is 0 Å². The third-order valence-corrected chi connectivity index (χ3v) is 5.46. The van der Waals surface area contributed by atoms with Gasteiger partial charge in [-0.2, -0.15) is 0 Å². The highest BCUT2D eigenvalue weighted by molar-refractivity contribution is 5.85. The van der Waals surface area contributed by atoms with Crippen molar-refractivity contribution < 1.29 is 10.4 Å². The number of unbranched alkanes of at least 4 members (excludes halogenated alkanes) is 1. The number of nitrogens with zero attached hydrogens (tertiary/aromatic N) is 1. The number of hydrogen-bond donors (Lipinski definition) is 4. The second-order valence-electron chi connectivity index (χ2n) is 7.32. The highest BCUT2D eigenvalue weighted by atomic mass is 16.3. The molecule has 3 heterocycles. The molecule has 7 heteroatoms. The molecule has 142 valence electrons. The van der Waals surface area contributed by atoms with Crippen LogP contribution in [0.15, 0.2) is 27.8 Å². The Hall–Kier alpha value is -2.80. The van der Waals surface area contributed by atoms with Crippen LogP contribution in [-0.2, 0) is 13.0 Å². The highest BCUT2D eigenvalue weighted by Gasteiger charge is 2.34. The van der Waals surface area contributed by atoms with Crippen LogP contribution in [0.5, 0.6) is 5.88 Å². The molecule has 27 heavy (non-hydrogen) atoms. The molecule has 1 aromatic carbocycles. The van der Waals surface area contributed by atoms with Crippen molar-refractivity contribution in [1.29, 1.82) is 0 Å². The van der Waals surface area contributed by atoms with Gasteiger partial charge in [0.25, 0.3) is 5.56 Å². The molecule has 4 rings (SSSR count). The molecule has 7 nitrogen and oxygen atoms in total. The fourth-order valence-corrected chi connectivity index (χ4v) is 4.07. The molecule has 0 bridgehead atoms. The first-order chi connectivity index (χ1) is 13.0. The number of fused-ring (bicyclic) bond motifs is 3. The smallest absolute Gasteiger partial charge is 0.331 e. The minimum Gasteiger partial charge on any atom is -0.494 e. The number of aromatic nitrogens is 3. The van der Waals surface area contributed by atoms with Crippen molar-refractivity contribution in [2.45, 2.75) is 45.7 Å². The lowest BCUT2D eigenvalue weighted by molar-refractivity contribution is -0.690. The number of quaternary nitrogens is 1. The predicted molar refractivity (Wildman–Crippen MR) is 103 cm³/mol. The number of aryl methyl sites for hydroxylation is 1. The molecule has 1 aliphatic heterocycles. The average molecular weight is 369 g/mol. The molecule has 2 aromatic heterocycles. The van der Waals surface area contributed by atoms with Gasteiger partial charge in [0.2, 0.25) is 5.88 Å². The summed E-state index contributed by atoms with van der Waals surface area (Å²) in [6.07, 6.45) is 2.54. The Morgan fingerprint density at radius 1 is 1.30 bits per heavy atom. The van der Waals surface area contributed by atoms with Gasteiger partial charge in [-0.15, -0.1) is 0 Å². The van der Waals surface area contributed by atoms with E-state index < -0.39 is 11.2 Å². The molecule has 5 N–H and O–H groups in total. The SMILES string of the molecule is CCCCn1c(O)c([C@@H]2[NH2+]CCc3c2[nH]c2ccc(C)cc32)c(=O)[nH]c1=O. The van der Waals surface area contributed by atoms with Crippen LogP contribution >= 0.6 is 0 Å². The van der Waals surface area contributed by atoms with Gasteiger partial charge in [0, 0.05) is 23.9 Å². The summed E-state index contributed by atoms with van der Waals surface area (Å²) in [6.45, 7) is 5.27. The van der Waals surface area contributed by atoms with Gasteiger partial charge >= 0.3 is 5.69 Å². The lowest BCUT2D eigenvalue weighted by atomic mass is 9.95. The lowest BCUT2D eigenvalue weighted by Gasteiger charge is -2.22. The van der Waals surface area contributed by atoms with Crippen molar-refractivity contribution in [3.05, 3.63) is 61.4 Å². The van der Waals surface area contributed by atoms with Crippen molar-refractivity contribution in [2.24, 2.45) is 0 Å². The zero-order valence-corrected chi connectivity index (χ0v) is 15.6. The van der Waals surface area contributed by atoms with Gasteiger partial charge in [-0.25, -0.2) is 4.79 Å². The first kappa shape index (κ1) is 17.6. The van der Waals surface area contributed by atoms with Crippen molar-refractivity contribution in [1.82, 2.24) is 14.5 Å². The number of rotatable bonds is 4. The minimum atomic E-state index is -0.557. The fraction of sp³-hybridized carbons (Fsp3) is 0.400. The van der Waals surface area contributed by atoms with Crippen molar-refractivity contribution >= 4 is 10.9 Å². The molecule has 3 aromatic rings. The molecule has 0 saturated heterocycles. The number of nitrogens with two attached hydrogens (primary N) is 1. The number of benzene rings is 1. The van der Waals surface area contributed by atoms with Crippen LogP contribution in [0.25, 0.3) is 10.9 Å². The molecular formula is C20H25N4O3+. The Labute approximate surface area is 156 Å². The van der Waals surface area contributed by atoms with E-state index >= 15 is 0 Å². The topological polar surface area (TPSA) is 107 Å². The second kappa shape index (κ2) is 6.74. The van der Waals surface area contributed by atoms with E-state index in [9.17, 15) is 14.7 Å². The van der Waals surface area contributed by atoms with Gasteiger partial charge in [-0.1, -0.05) is 25.0 Å². The van der Waals surface area contributed by atoms with Crippen LogP contribution in [-0.4, -0.2) is 26.2 Å². The number of aromatic hydroxyl groups is 1. The lowest BCUT2D eigenvalue weighted by Crippen LogP contribution is -2.87. The third-order valence-electron chi connectivity index (χ3n) is 5.46. The molecule has 0 amide bonds. The molecule has 0 spiro atoms. The van der Waals surface area contributed by atoms with Gasteiger partial charge in [-0.3, -0.25) is 14.3 Å². The molecule has 1 atom stereocenters. The number of aromatic amines is 2. The molecule has 0 unspecified atom stereocenters. The molecular weight excluding hydrogens is 344 g/mol. The van der Waals surface area contributed by atoms with Crippen LogP contribution in [0.1, 0.15) is 48.2 Å². The van der Waals surface area contributed by atoms with E-state index in [2.05, 4.69) is 29.0 Å². The molecule has 0 aliphatic carbocycles. The largest absolute Gasteiger partial charge is 0.494 e.